The van der Waals surface area contributed by atoms with Crippen molar-refractivity contribution in [3.8, 4) is 0 Å². The van der Waals surface area contributed by atoms with E-state index in [-0.39, 0.29) is 31.1 Å². The zero-order valence-corrected chi connectivity index (χ0v) is 49.5. The van der Waals surface area contributed by atoms with E-state index in [0.717, 1.165) is 122 Å². The number of hydrogen-bond acceptors (Lipinski definition) is 6. The highest BCUT2D eigenvalue weighted by Crippen LogP contribution is 2.16. The first-order valence-corrected chi connectivity index (χ1v) is 31.5. The van der Waals surface area contributed by atoms with Gasteiger partial charge in [0.25, 0.3) is 0 Å². The van der Waals surface area contributed by atoms with E-state index in [4.69, 9.17) is 14.2 Å². The molecule has 0 saturated heterocycles. The van der Waals surface area contributed by atoms with Crippen LogP contribution in [0.3, 0.4) is 0 Å². The van der Waals surface area contributed by atoms with Crippen LogP contribution < -0.4 is 0 Å². The number of hydrogen-bond donors (Lipinski definition) is 0. The smallest absolute Gasteiger partial charge is 0.306 e. The topological polar surface area (TPSA) is 78.9 Å². The average molecular weight is 1050 g/mol. The molecule has 0 fully saturated rings. The lowest BCUT2D eigenvalue weighted by Gasteiger charge is -2.18. The van der Waals surface area contributed by atoms with Gasteiger partial charge in [-0.25, -0.2) is 0 Å². The van der Waals surface area contributed by atoms with Gasteiger partial charge in [0.15, 0.2) is 6.10 Å². The Hall–Kier alpha value is -4.19. The summed E-state index contributed by atoms with van der Waals surface area (Å²) in [6.45, 7) is 6.36. The second-order valence-corrected chi connectivity index (χ2v) is 20.6. The summed E-state index contributed by atoms with van der Waals surface area (Å²) in [4.78, 5) is 38.0. The molecule has 0 aromatic carbocycles. The molecule has 6 heteroatoms. The zero-order valence-electron chi connectivity index (χ0n) is 49.5. The highest BCUT2D eigenvalue weighted by atomic mass is 16.6. The molecule has 0 spiro atoms. The summed E-state index contributed by atoms with van der Waals surface area (Å²) in [5.74, 6) is -0.897. The van der Waals surface area contributed by atoms with Gasteiger partial charge in [-0.05, 0) is 109 Å². The van der Waals surface area contributed by atoms with E-state index in [1.165, 1.54) is 122 Å². The van der Waals surface area contributed by atoms with Crippen molar-refractivity contribution in [1.82, 2.24) is 0 Å². The Kier molecular flexibility index (Phi) is 59.9. The molecule has 0 aliphatic carbocycles. The summed E-state index contributed by atoms with van der Waals surface area (Å²) in [7, 11) is 0. The molecule has 0 amide bonds. The zero-order chi connectivity index (χ0) is 55.0. The van der Waals surface area contributed by atoms with E-state index < -0.39 is 6.10 Å². The van der Waals surface area contributed by atoms with Crippen LogP contribution in [0.15, 0.2) is 122 Å². The van der Waals surface area contributed by atoms with Crippen LogP contribution in [0.2, 0.25) is 0 Å². The predicted octanol–water partition coefficient (Wildman–Crippen LogP) is 21.6. The Bertz CT molecular complexity index is 1590. The lowest BCUT2D eigenvalue weighted by atomic mass is 10.0. The third-order valence-electron chi connectivity index (χ3n) is 13.2. The molecule has 0 aliphatic rings. The quantitative estimate of drug-likeness (QED) is 0.0261. The van der Waals surface area contributed by atoms with Crippen molar-refractivity contribution in [2.75, 3.05) is 13.2 Å². The van der Waals surface area contributed by atoms with Gasteiger partial charge >= 0.3 is 17.9 Å². The van der Waals surface area contributed by atoms with Crippen molar-refractivity contribution in [3.05, 3.63) is 122 Å². The Balaban J connectivity index is 4.12. The van der Waals surface area contributed by atoms with E-state index >= 15 is 0 Å². The minimum absolute atomic E-state index is 0.0817. The molecule has 6 nitrogen and oxygen atoms in total. The normalized spacial score (nSPS) is 12.9. The fraction of sp³-hybridized carbons (Fsp3) is 0.671. The molecule has 1 atom stereocenters. The Morgan fingerprint density at radius 1 is 0.276 bits per heavy atom. The second-order valence-electron chi connectivity index (χ2n) is 20.6. The van der Waals surface area contributed by atoms with Gasteiger partial charge in [-0.3, -0.25) is 14.4 Å². The molecule has 0 saturated carbocycles. The molecule has 432 valence electrons. The number of carbonyl (C=O) groups is 3. The molecule has 1 unspecified atom stereocenters. The molecular weight excluding hydrogens is 937 g/mol. The van der Waals surface area contributed by atoms with Crippen molar-refractivity contribution in [2.24, 2.45) is 0 Å². The molecule has 0 radical (unpaired) electrons. The van der Waals surface area contributed by atoms with Crippen molar-refractivity contribution in [2.45, 2.75) is 290 Å². The van der Waals surface area contributed by atoms with Gasteiger partial charge < -0.3 is 14.2 Å². The first-order valence-electron chi connectivity index (χ1n) is 31.5. The summed E-state index contributed by atoms with van der Waals surface area (Å²) in [5, 5.41) is 0. The molecule has 0 bridgehead atoms. The maximum atomic E-state index is 12.8. The molecule has 0 N–H and O–H groups in total. The van der Waals surface area contributed by atoms with E-state index in [9.17, 15) is 14.4 Å². The predicted molar refractivity (Wildman–Crippen MR) is 330 cm³/mol. The SMILES string of the molecule is CC/C=C\C/C=C\C/C=C\C/C=C\C/C=C\C/C=C\CCCCCCCCCCCCC(=O)OCC(COC(=O)CCCCCCCC)OC(=O)CCCCCCCCCCCC/C=C\C/C=C\C/C=C\C/C=C\CC. The third kappa shape index (κ3) is 60.7. The van der Waals surface area contributed by atoms with Crippen LogP contribution in [0.1, 0.15) is 284 Å². The molecule has 0 heterocycles. The van der Waals surface area contributed by atoms with Gasteiger partial charge in [0.1, 0.15) is 13.2 Å². The number of rotatable bonds is 56. The van der Waals surface area contributed by atoms with Gasteiger partial charge in [0.2, 0.25) is 0 Å². The maximum absolute atomic E-state index is 12.8. The van der Waals surface area contributed by atoms with E-state index in [2.05, 4.69) is 142 Å². The van der Waals surface area contributed by atoms with Crippen LogP contribution in [-0.2, 0) is 28.6 Å². The van der Waals surface area contributed by atoms with E-state index in [1.54, 1.807) is 0 Å². The molecule has 0 aromatic heterocycles. The van der Waals surface area contributed by atoms with Gasteiger partial charge in [0, 0.05) is 19.3 Å². The summed E-state index contributed by atoms with van der Waals surface area (Å²) >= 11 is 0. The van der Waals surface area contributed by atoms with Crippen LogP contribution in [0, 0.1) is 0 Å². The number of unbranched alkanes of at least 4 members (excludes halogenated alkanes) is 25. The Morgan fingerprint density at radius 3 is 0.803 bits per heavy atom. The molecule has 0 rings (SSSR count). The Labute approximate surface area is 469 Å². The van der Waals surface area contributed by atoms with Gasteiger partial charge in [0.05, 0.1) is 0 Å². The van der Waals surface area contributed by atoms with Crippen molar-refractivity contribution in [1.29, 1.82) is 0 Å². The van der Waals surface area contributed by atoms with Gasteiger partial charge in [-0.15, -0.1) is 0 Å². The molecule has 0 aliphatic heterocycles. The molecular formula is C70H116O6. The van der Waals surface area contributed by atoms with Crippen LogP contribution in [0.25, 0.3) is 0 Å². The fourth-order valence-corrected chi connectivity index (χ4v) is 8.56. The van der Waals surface area contributed by atoms with Crippen molar-refractivity contribution in [3.63, 3.8) is 0 Å². The van der Waals surface area contributed by atoms with Crippen molar-refractivity contribution < 1.29 is 28.6 Å². The standard InChI is InChI=1S/C70H116O6/c1-4-7-10-13-16-18-20-22-24-26-28-30-32-33-34-35-36-37-39-40-42-44-46-48-50-52-54-57-60-63-69(72)75-66-67(65-74-68(71)62-59-56-15-12-9-6-3)76-70(73)64-61-58-55-53-51-49-47-45-43-41-38-31-29-27-25-23-21-19-17-14-11-8-5-2/h7-8,10-11,16-19,22-25,28-31,33-34,36-37,67H,4-6,9,12-15,20-21,26-27,32,35,38-66H2,1-3H3/b10-7-,11-8-,18-16-,19-17-,24-22-,25-23-,30-28-,31-29-,34-33-,37-36-. The highest BCUT2D eigenvalue weighted by molar-refractivity contribution is 5.71. The van der Waals surface area contributed by atoms with Crippen molar-refractivity contribution >= 4 is 17.9 Å². The lowest BCUT2D eigenvalue weighted by Crippen LogP contribution is -2.30. The lowest BCUT2D eigenvalue weighted by molar-refractivity contribution is -0.167. The summed E-state index contributed by atoms with van der Waals surface area (Å²) in [6, 6.07) is 0. The van der Waals surface area contributed by atoms with E-state index in [1.807, 2.05) is 0 Å². The number of allylic oxidation sites excluding steroid dienone is 20. The van der Waals surface area contributed by atoms with Crippen LogP contribution >= 0.6 is 0 Å². The molecule has 76 heavy (non-hydrogen) atoms. The Morgan fingerprint density at radius 2 is 0.513 bits per heavy atom. The average Bonchev–Trinajstić information content (AvgIpc) is 3.42. The first-order chi connectivity index (χ1) is 37.5. The van der Waals surface area contributed by atoms with Crippen LogP contribution in [0.4, 0.5) is 0 Å². The van der Waals surface area contributed by atoms with Gasteiger partial charge in [-0.1, -0.05) is 277 Å². The van der Waals surface area contributed by atoms with Crippen LogP contribution in [-0.4, -0.2) is 37.2 Å². The van der Waals surface area contributed by atoms with E-state index in [0.29, 0.717) is 19.3 Å². The largest absolute Gasteiger partial charge is 0.462 e. The maximum Gasteiger partial charge on any atom is 0.306 e. The molecule has 0 aromatic rings. The number of ether oxygens (including phenoxy) is 3. The summed E-state index contributed by atoms with van der Waals surface area (Å²) < 4.78 is 16.8. The monoisotopic (exact) mass is 1050 g/mol. The minimum atomic E-state index is -0.782. The number of esters is 3. The van der Waals surface area contributed by atoms with Crippen LogP contribution in [0.5, 0.6) is 0 Å². The van der Waals surface area contributed by atoms with Gasteiger partial charge in [-0.2, -0.15) is 0 Å². The summed E-state index contributed by atoms with van der Waals surface area (Å²) in [5.41, 5.74) is 0. The number of carbonyl (C=O) groups excluding carboxylic acids is 3. The minimum Gasteiger partial charge on any atom is -0.462 e. The fourth-order valence-electron chi connectivity index (χ4n) is 8.56. The highest BCUT2D eigenvalue weighted by Gasteiger charge is 2.19. The second kappa shape index (κ2) is 63.3. The first kappa shape index (κ1) is 71.8. The third-order valence-corrected chi connectivity index (χ3v) is 13.2. The summed E-state index contributed by atoms with van der Waals surface area (Å²) in [6.07, 6.45) is 88.1.